The van der Waals surface area contributed by atoms with Crippen molar-refractivity contribution in [1.82, 2.24) is 0 Å². The molecule has 6 heteroatoms. The zero-order chi connectivity index (χ0) is 22.6. The molecule has 3 aromatic carbocycles. The van der Waals surface area contributed by atoms with Gasteiger partial charge in [-0.25, -0.2) is 0 Å². The van der Waals surface area contributed by atoms with E-state index < -0.39 is 0 Å². The highest BCUT2D eigenvalue weighted by Crippen LogP contribution is 2.35. The second-order valence-corrected chi connectivity index (χ2v) is 8.50. The molecule has 0 unspecified atom stereocenters. The number of furan rings is 2. The van der Waals surface area contributed by atoms with Gasteiger partial charge in [-0.1, -0.05) is 23.2 Å². The quantitative estimate of drug-likeness (QED) is 0.258. The van der Waals surface area contributed by atoms with E-state index in [4.69, 9.17) is 32.0 Å². The van der Waals surface area contributed by atoms with E-state index in [9.17, 15) is 9.59 Å². The third-order valence-corrected chi connectivity index (χ3v) is 6.12. The van der Waals surface area contributed by atoms with Crippen molar-refractivity contribution in [1.29, 1.82) is 0 Å². The predicted octanol–water partition coefficient (Wildman–Crippen LogP) is 7.56. The van der Waals surface area contributed by atoms with E-state index >= 15 is 0 Å². The van der Waals surface area contributed by atoms with Crippen LogP contribution in [-0.2, 0) is 0 Å². The molecule has 0 spiro atoms. The van der Waals surface area contributed by atoms with Crippen LogP contribution in [-0.4, -0.2) is 11.6 Å². The molecular weight excluding hydrogens is 447 g/mol. The number of carbonyl (C=O) groups excluding carboxylic acids is 2. The molecule has 0 saturated carbocycles. The maximum atomic E-state index is 13.0. The number of benzene rings is 3. The molecule has 4 nitrogen and oxygen atoms in total. The molecule has 0 atom stereocenters. The molecule has 0 aliphatic rings. The van der Waals surface area contributed by atoms with Crippen LogP contribution in [0.25, 0.3) is 21.9 Å². The van der Waals surface area contributed by atoms with Crippen molar-refractivity contribution in [2.24, 2.45) is 0 Å². The normalized spacial score (nSPS) is 11.4. The first-order chi connectivity index (χ1) is 15.3. The average molecular weight is 463 g/mol. The summed E-state index contributed by atoms with van der Waals surface area (Å²) < 4.78 is 11.8. The Morgan fingerprint density at radius 2 is 1.00 bits per heavy atom. The predicted molar refractivity (Wildman–Crippen MR) is 125 cm³/mol. The van der Waals surface area contributed by atoms with E-state index in [2.05, 4.69) is 0 Å². The molecule has 0 fully saturated rings. The van der Waals surface area contributed by atoms with E-state index in [0.29, 0.717) is 32.3 Å². The molecule has 0 aliphatic heterocycles. The van der Waals surface area contributed by atoms with Gasteiger partial charge in [0.15, 0.2) is 11.5 Å². The van der Waals surface area contributed by atoms with Crippen molar-refractivity contribution in [3.8, 4) is 0 Å². The second-order valence-electron chi connectivity index (χ2n) is 7.63. The van der Waals surface area contributed by atoms with Crippen LogP contribution in [0.4, 0.5) is 0 Å². The number of halogens is 2. The van der Waals surface area contributed by atoms with E-state index in [-0.39, 0.29) is 23.1 Å². The van der Waals surface area contributed by atoms with Gasteiger partial charge in [-0.3, -0.25) is 9.59 Å². The van der Waals surface area contributed by atoms with Crippen LogP contribution in [0.5, 0.6) is 0 Å². The summed E-state index contributed by atoms with van der Waals surface area (Å²) in [5, 5.41) is 2.71. The molecule has 32 heavy (non-hydrogen) atoms. The van der Waals surface area contributed by atoms with Crippen molar-refractivity contribution < 1.29 is 18.4 Å². The van der Waals surface area contributed by atoms with Crippen LogP contribution < -0.4 is 0 Å². The van der Waals surface area contributed by atoms with Gasteiger partial charge in [0.2, 0.25) is 11.6 Å². The van der Waals surface area contributed by atoms with Gasteiger partial charge in [0.25, 0.3) is 0 Å². The minimum Gasteiger partial charge on any atom is -0.452 e. The maximum Gasteiger partial charge on any atom is 0.228 e. The summed E-state index contributed by atoms with van der Waals surface area (Å²) in [5.41, 5.74) is 3.48. The van der Waals surface area contributed by atoms with Gasteiger partial charge in [0, 0.05) is 49.1 Å². The zero-order valence-electron chi connectivity index (χ0n) is 17.2. The molecule has 0 N–H and O–H groups in total. The Kier molecular flexibility index (Phi) is 4.92. The Hall–Kier alpha value is -3.34. The number of rotatable bonds is 4. The molecule has 5 rings (SSSR count). The summed E-state index contributed by atoms with van der Waals surface area (Å²) in [5.74, 6) is 0.0970. The summed E-state index contributed by atoms with van der Waals surface area (Å²) in [6.07, 6.45) is 0. The second kappa shape index (κ2) is 7.66. The van der Waals surface area contributed by atoms with Crippen molar-refractivity contribution in [2.45, 2.75) is 13.8 Å². The Morgan fingerprint density at radius 1 is 0.625 bits per heavy atom. The van der Waals surface area contributed by atoms with Gasteiger partial charge in [-0.05, 0) is 68.4 Å². The Morgan fingerprint density at radius 3 is 1.38 bits per heavy atom. The highest BCUT2D eigenvalue weighted by atomic mass is 35.5. The van der Waals surface area contributed by atoms with Crippen molar-refractivity contribution in [2.75, 3.05) is 0 Å². The zero-order valence-corrected chi connectivity index (χ0v) is 18.7. The lowest BCUT2D eigenvalue weighted by atomic mass is 10.0. The van der Waals surface area contributed by atoms with E-state index in [0.717, 1.165) is 21.9 Å². The van der Waals surface area contributed by atoms with Crippen molar-refractivity contribution in [3.05, 3.63) is 104 Å². The highest BCUT2D eigenvalue weighted by Gasteiger charge is 2.23. The van der Waals surface area contributed by atoms with Crippen LogP contribution in [0.15, 0.2) is 69.5 Å². The third-order valence-electron chi connectivity index (χ3n) is 5.62. The molecular formula is C26H16Cl2O4. The van der Waals surface area contributed by atoms with Gasteiger partial charge >= 0.3 is 0 Å². The number of fused-ring (bicyclic) bond motifs is 2. The number of ketones is 2. The molecule has 0 aliphatic carbocycles. The summed E-state index contributed by atoms with van der Waals surface area (Å²) in [6.45, 7) is 3.69. The summed E-state index contributed by atoms with van der Waals surface area (Å²) in [4.78, 5) is 25.9. The molecule has 158 valence electrons. The number of carbonyl (C=O) groups is 2. The van der Waals surface area contributed by atoms with Gasteiger partial charge < -0.3 is 8.83 Å². The fraction of sp³-hybridized carbons (Fsp3) is 0.0769. The molecule has 0 radical (unpaired) electrons. The first kappa shape index (κ1) is 20.6. The first-order valence-corrected chi connectivity index (χ1v) is 10.7. The molecule has 2 aromatic heterocycles. The molecule has 0 saturated heterocycles. The summed E-state index contributed by atoms with van der Waals surface area (Å²) >= 11 is 11.9. The summed E-state index contributed by atoms with van der Waals surface area (Å²) in [6, 6.07) is 17.0. The first-order valence-electron chi connectivity index (χ1n) is 9.90. The van der Waals surface area contributed by atoms with E-state index in [1.54, 1.807) is 54.6 Å². The van der Waals surface area contributed by atoms with Crippen LogP contribution in [0.3, 0.4) is 0 Å². The lowest BCUT2D eigenvalue weighted by Crippen LogP contribution is -2.01. The Bertz CT molecular complexity index is 1410. The number of aryl methyl sites for hydroxylation is 2. The van der Waals surface area contributed by atoms with Gasteiger partial charge in [-0.15, -0.1) is 0 Å². The molecule has 5 aromatic rings. The lowest BCUT2D eigenvalue weighted by Gasteiger charge is -1.99. The van der Waals surface area contributed by atoms with Gasteiger partial charge in [0.05, 0.1) is 0 Å². The smallest absolute Gasteiger partial charge is 0.228 e. The van der Waals surface area contributed by atoms with Crippen molar-refractivity contribution in [3.63, 3.8) is 0 Å². The Labute approximate surface area is 193 Å². The molecule has 2 heterocycles. The van der Waals surface area contributed by atoms with Crippen LogP contribution in [0.2, 0.25) is 10.0 Å². The summed E-state index contributed by atoms with van der Waals surface area (Å²) in [7, 11) is 0. The van der Waals surface area contributed by atoms with Crippen LogP contribution in [0, 0.1) is 13.8 Å². The maximum absolute atomic E-state index is 13.0. The molecule has 0 bridgehead atoms. The minimum absolute atomic E-state index is 0.220. The SMILES string of the molecule is Cc1c(C(=O)c2ccc(Cl)cc2)oc2cc3oc(C(=O)c4ccc(Cl)cc4)c(C)c3cc12. The third kappa shape index (κ3) is 3.32. The monoisotopic (exact) mass is 462 g/mol. The van der Waals surface area contributed by atoms with Gasteiger partial charge in [0.1, 0.15) is 11.2 Å². The fourth-order valence-corrected chi connectivity index (χ4v) is 4.08. The Balaban J connectivity index is 1.59. The number of hydrogen-bond acceptors (Lipinski definition) is 4. The highest BCUT2D eigenvalue weighted by molar-refractivity contribution is 6.31. The van der Waals surface area contributed by atoms with E-state index in [1.165, 1.54) is 0 Å². The fourth-order valence-electron chi connectivity index (χ4n) is 3.83. The van der Waals surface area contributed by atoms with Crippen LogP contribution in [0.1, 0.15) is 43.4 Å². The lowest BCUT2D eigenvalue weighted by molar-refractivity contribution is 0.100. The van der Waals surface area contributed by atoms with Crippen molar-refractivity contribution >= 4 is 56.7 Å². The number of hydrogen-bond donors (Lipinski definition) is 0. The van der Waals surface area contributed by atoms with Crippen LogP contribution >= 0.6 is 23.2 Å². The van der Waals surface area contributed by atoms with E-state index in [1.807, 2.05) is 19.9 Å². The minimum atomic E-state index is -0.220. The van der Waals surface area contributed by atoms with Gasteiger partial charge in [-0.2, -0.15) is 0 Å². The average Bonchev–Trinajstić information content (AvgIpc) is 3.29. The standard InChI is InChI=1S/C26H16Cl2O4/c1-13-19-11-20-14(2)26(24(30)16-5-9-18(28)10-6-16)32-22(20)12-21(19)31-25(13)23(29)15-3-7-17(27)8-4-15/h3-12H,1-2H3. The largest absolute Gasteiger partial charge is 0.452 e. The topological polar surface area (TPSA) is 60.4 Å². The molecule has 0 amide bonds.